The Hall–Kier alpha value is -2.61. The minimum Gasteiger partial charge on any atom is -0.481 e. The largest absolute Gasteiger partial charge is 0.481 e. The number of rotatable bonds is 3. The van der Waals surface area contributed by atoms with Crippen LogP contribution in [0.15, 0.2) is 66.7 Å². The fourth-order valence-electron chi connectivity index (χ4n) is 4.24. The topological polar surface area (TPSA) is 37.3 Å². The van der Waals surface area contributed by atoms with Crippen molar-refractivity contribution in [1.29, 1.82) is 0 Å². The summed E-state index contributed by atoms with van der Waals surface area (Å²) in [6, 6.07) is 23.1. The number of benzene rings is 3. The first-order valence-corrected chi connectivity index (χ1v) is 8.51. The summed E-state index contributed by atoms with van der Waals surface area (Å²) < 4.78 is 0. The van der Waals surface area contributed by atoms with Crippen molar-refractivity contribution in [1.82, 2.24) is 0 Å². The van der Waals surface area contributed by atoms with Crippen LogP contribution >= 0.6 is 0 Å². The average molecular weight is 316 g/mol. The standard InChI is InChI=1S/C22H20O2/c23-22(24)14-21-18(15-6-2-1-3-7-15)12-13-19-17-9-5-4-8-16(17)10-11-20(19)21/h1-11,18,21H,12-14H2,(H,23,24)/t18-,21+/m1/s1. The summed E-state index contributed by atoms with van der Waals surface area (Å²) >= 11 is 0. The molecule has 2 nitrogen and oxygen atoms in total. The Morgan fingerprint density at radius 1 is 0.958 bits per heavy atom. The van der Waals surface area contributed by atoms with Gasteiger partial charge in [0, 0.05) is 5.92 Å². The van der Waals surface area contributed by atoms with E-state index < -0.39 is 5.97 Å². The molecule has 4 rings (SSSR count). The smallest absolute Gasteiger partial charge is 0.303 e. The van der Waals surface area contributed by atoms with E-state index in [4.69, 9.17) is 0 Å². The summed E-state index contributed by atoms with van der Waals surface area (Å²) in [7, 11) is 0. The third kappa shape index (κ3) is 2.58. The van der Waals surface area contributed by atoms with Gasteiger partial charge in [-0.05, 0) is 46.2 Å². The van der Waals surface area contributed by atoms with Gasteiger partial charge in [0.25, 0.3) is 0 Å². The summed E-state index contributed by atoms with van der Waals surface area (Å²) in [5, 5.41) is 12.0. The van der Waals surface area contributed by atoms with E-state index >= 15 is 0 Å². The molecule has 1 aliphatic rings. The van der Waals surface area contributed by atoms with Crippen LogP contribution in [-0.4, -0.2) is 11.1 Å². The fourth-order valence-corrected chi connectivity index (χ4v) is 4.24. The summed E-state index contributed by atoms with van der Waals surface area (Å²) in [5.41, 5.74) is 3.81. The Labute approximate surface area is 141 Å². The molecule has 3 aromatic carbocycles. The van der Waals surface area contributed by atoms with Gasteiger partial charge in [-0.25, -0.2) is 0 Å². The second-order valence-electron chi connectivity index (χ2n) is 6.61. The van der Waals surface area contributed by atoms with Crippen LogP contribution in [0, 0.1) is 0 Å². The maximum absolute atomic E-state index is 11.5. The molecule has 0 unspecified atom stereocenters. The normalized spacial score (nSPS) is 19.8. The van der Waals surface area contributed by atoms with E-state index in [1.165, 1.54) is 27.5 Å². The SMILES string of the molecule is O=C(O)C[C@@H]1c2ccc3ccccc3c2CC[C@@H]1c1ccccc1. The van der Waals surface area contributed by atoms with Crippen LogP contribution in [0.1, 0.15) is 41.4 Å². The van der Waals surface area contributed by atoms with E-state index in [0.29, 0.717) is 0 Å². The first-order chi connectivity index (χ1) is 11.7. The number of hydrogen-bond acceptors (Lipinski definition) is 1. The number of aliphatic carboxylic acids is 1. The molecule has 0 bridgehead atoms. The molecular formula is C22H20O2. The van der Waals surface area contributed by atoms with E-state index in [0.717, 1.165) is 12.8 Å². The molecule has 1 aliphatic carbocycles. The van der Waals surface area contributed by atoms with Gasteiger partial charge in [0.2, 0.25) is 0 Å². The maximum Gasteiger partial charge on any atom is 0.303 e. The Bertz CT molecular complexity index is 883. The number of aryl methyl sites for hydroxylation is 1. The van der Waals surface area contributed by atoms with Crippen molar-refractivity contribution >= 4 is 16.7 Å². The van der Waals surface area contributed by atoms with Crippen molar-refractivity contribution < 1.29 is 9.90 Å². The Kier molecular flexibility index (Phi) is 3.81. The van der Waals surface area contributed by atoms with Crippen molar-refractivity contribution in [2.24, 2.45) is 0 Å². The molecule has 0 fully saturated rings. The molecule has 0 saturated carbocycles. The monoisotopic (exact) mass is 316 g/mol. The Morgan fingerprint density at radius 2 is 1.71 bits per heavy atom. The molecule has 2 atom stereocenters. The van der Waals surface area contributed by atoms with Gasteiger partial charge in [-0.2, -0.15) is 0 Å². The average Bonchev–Trinajstić information content (AvgIpc) is 2.62. The molecule has 120 valence electrons. The first kappa shape index (κ1) is 14.9. The van der Waals surface area contributed by atoms with Crippen LogP contribution in [-0.2, 0) is 11.2 Å². The maximum atomic E-state index is 11.5. The van der Waals surface area contributed by atoms with Crippen LogP contribution in [0.2, 0.25) is 0 Å². The zero-order valence-electron chi connectivity index (χ0n) is 13.5. The minimum atomic E-state index is -0.720. The predicted molar refractivity (Wildman–Crippen MR) is 96.4 cm³/mol. The van der Waals surface area contributed by atoms with Crippen LogP contribution in [0.3, 0.4) is 0 Å². The van der Waals surface area contributed by atoms with E-state index in [2.05, 4.69) is 48.5 Å². The van der Waals surface area contributed by atoms with E-state index in [1.54, 1.807) is 0 Å². The molecule has 0 saturated heterocycles. The van der Waals surface area contributed by atoms with Crippen LogP contribution in [0.25, 0.3) is 10.8 Å². The molecular weight excluding hydrogens is 296 g/mol. The number of hydrogen-bond donors (Lipinski definition) is 1. The van der Waals surface area contributed by atoms with Gasteiger partial charge in [-0.15, -0.1) is 0 Å². The molecule has 2 heteroatoms. The molecule has 0 spiro atoms. The van der Waals surface area contributed by atoms with Crippen molar-refractivity contribution in [3.63, 3.8) is 0 Å². The van der Waals surface area contributed by atoms with E-state index in [9.17, 15) is 9.90 Å². The molecule has 1 N–H and O–H groups in total. The molecule has 0 radical (unpaired) electrons. The first-order valence-electron chi connectivity index (χ1n) is 8.51. The molecule has 3 aromatic rings. The Balaban J connectivity index is 1.85. The van der Waals surface area contributed by atoms with E-state index in [1.807, 2.05) is 18.2 Å². The van der Waals surface area contributed by atoms with Gasteiger partial charge in [-0.1, -0.05) is 66.7 Å². The Morgan fingerprint density at radius 3 is 2.50 bits per heavy atom. The fraction of sp³-hybridized carbons (Fsp3) is 0.227. The van der Waals surface area contributed by atoms with Crippen LogP contribution in [0.5, 0.6) is 0 Å². The third-order valence-electron chi connectivity index (χ3n) is 5.29. The quantitative estimate of drug-likeness (QED) is 0.727. The van der Waals surface area contributed by atoms with Gasteiger partial charge < -0.3 is 5.11 Å². The lowest BCUT2D eigenvalue weighted by Crippen LogP contribution is -2.22. The highest BCUT2D eigenvalue weighted by molar-refractivity contribution is 5.87. The predicted octanol–water partition coefficient (Wildman–Crippen LogP) is 5.13. The number of carbonyl (C=O) groups is 1. The highest BCUT2D eigenvalue weighted by Gasteiger charge is 2.32. The van der Waals surface area contributed by atoms with Crippen molar-refractivity contribution in [3.05, 3.63) is 83.4 Å². The van der Waals surface area contributed by atoms with E-state index in [-0.39, 0.29) is 18.3 Å². The van der Waals surface area contributed by atoms with Crippen LogP contribution < -0.4 is 0 Å². The minimum absolute atomic E-state index is 0.0401. The highest BCUT2D eigenvalue weighted by Crippen LogP contribution is 2.46. The van der Waals surface area contributed by atoms with Crippen molar-refractivity contribution in [2.45, 2.75) is 31.1 Å². The zero-order chi connectivity index (χ0) is 16.5. The number of carboxylic acids is 1. The molecule has 0 aliphatic heterocycles. The van der Waals surface area contributed by atoms with Gasteiger partial charge in [0.05, 0.1) is 6.42 Å². The second-order valence-corrected chi connectivity index (χ2v) is 6.61. The highest BCUT2D eigenvalue weighted by atomic mass is 16.4. The van der Waals surface area contributed by atoms with Crippen molar-refractivity contribution in [2.75, 3.05) is 0 Å². The number of carboxylic acid groups (broad SMARTS) is 1. The van der Waals surface area contributed by atoms with Gasteiger partial charge >= 0.3 is 5.97 Å². The van der Waals surface area contributed by atoms with Crippen molar-refractivity contribution in [3.8, 4) is 0 Å². The molecule has 0 aromatic heterocycles. The molecule has 0 amide bonds. The molecule has 0 heterocycles. The zero-order valence-corrected chi connectivity index (χ0v) is 13.5. The third-order valence-corrected chi connectivity index (χ3v) is 5.29. The lowest BCUT2D eigenvalue weighted by Gasteiger charge is -2.34. The molecule has 24 heavy (non-hydrogen) atoms. The summed E-state index contributed by atoms with van der Waals surface area (Å²) in [4.78, 5) is 11.5. The lowest BCUT2D eigenvalue weighted by atomic mass is 9.70. The van der Waals surface area contributed by atoms with Gasteiger partial charge in [0.1, 0.15) is 0 Å². The second kappa shape index (κ2) is 6.12. The summed E-state index contributed by atoms with van der Waals surface area (Å²) in [6.45, 7) is 0. The van der Waals surface area contributed by atoms with Gasteiger partial charge in [0.15, 0.2) is 0 Å². The summed E-state index contributed by atoms with van der Waals surface area (Å²) in [5.74, 6) is -0.406. The summed E-state index contributed by atoms with van der Waals surface area (Å²) in [6.07, 6.45) is 2.19. The number of fused-ring (bicyclic) bond motifs is 3. The lowest BCUT2D eigenvalue weighted by molar-refractivity contribution is -0.137. The van der Waals surface area contributed by atoms with Gasteiger partial charge in [-0.3, -0.25) is 4.79 Å². The van der Waals surface area contributed by atoms with Crippen LogP contribution in [0.4, 0.5) is 0 Å².